The maximum Gasteiger partial charge on any atom is 0.328 e. The van der Waals surface area contributed by atoms with Crippen LogP contribution >= 0.6 is 23.2 Å². The van der Waals surface area contributed by atoms with Crippen LogP contribution in [-0.2, 0) is 16.0 Å². The van der Waals surface area contributed by atoms with Crippen molar-refractivity contribution in [3.63, 3.8) is 0 Å². The maximum atomic E-state index is 13.2. The summed E-state index contributed by atoms with van der Waals surface area (Å²) in [6.45, 7) is 0.274. The van der Waals surface area contributed by atoms with Gasteiger partial charge < -0.3 is 15.4 Å². The van der Waals surface area contributed by atoms with E-state index in [0.717, 1.165) is 5.56 Å². The monoisotopic (exact) mass is 524 g/mol. The van der Waals surface area contributed by atoms with Crippen LogP contribution in [0.15, 0.2) is 72.8 Å². The van der Waals surface area contributed by atoms with Gasteiger partial charge in [0.2, 0.25) is 0 Å². The summed E-state index contributed by atoms with van der Waals surface area (Å²) in [5, 5.41) is 6.57. The van der Waals surface area contributed by atoms with Crippen molar-refractivity contribution in [1.82, 2.24) is 9.99 Å². The highest BCUT2D eigenvalue weighted by atomic mass is 35.5. The number of hydrogen-bond donors (Lipinski definition) is 3. The first-order valence-corrected chi connectivity index (χ1v) is 11.7. The highest BCUT2D eigenvalue weighted by molar-refractivity contribution is 6.42. The van der Waals surface area contributed by atoms with E-state index in [1.54, 1.807) is 36.4 Å². The normalized spacial score (nSPS) is 10.6. The van der Waals surface area contributed by atoms with Crippen LogP contribution in [0.2, 0.25) is 10.0 Å². The number of benzene rings is 3. The molecule has 0 spiro atoms. The number of methoxy groups -OCH3 is 1. The second-order valence-electron chi connectivity index (χ2n) is 7.78. The number of amides is 3. The largest absolute Gasteiger partial charge is 0.494 e. The quantitative estimate of drug-likeness (QED) is 0.306. The molecule has 0 bridgehead atoms. The third-order valence-corrected chi connectivity index (χ3v) is 6.12. The van der Waals surface area contributed by atoms with Gasteiger partial charge in [0.05, 0.1) is 17.2 Å². The lowest BCUT2D eigenvalue weighted by molar-refractivity contribution is -0.136. The molecule has 0 saturated heterocycles. The van der Waals surface area contributed by atoms with Gasteiger partial charge in [0, 0.05) is 17.6 Å². The highest BCUT2D eigenvalue weighted by Crippen LogP contribution is 2.29. The standard InChI is InChI=1S/C26H22Cl2N4O4/c1-36-22-9-5-8-17-14-21(24(33)30-18-10-11-19(27)20(28)15-18)32(23(17)22)31-26(35)25(34)29-13-12-16-6-3-2-4-7-16/h2-11,14-15H,12-13H2,1H3,(H,29,34)(H,30,33)(H,31,35). The Morgan fingerprint density at radius 2 is 1.67 bits per heavy atom. The molecule has 4 aromatic rings. The minimum atomic E-state index is -0.935. The molecule has 1 heterocycles. The van der Waals surface area contributed by atoms with E-state index in [2.05, 4.69) is 16.1 Å². The van der Waals surface area contributed by atoms with Crippen LogP contribution in [0.4, 0.5) is 5.69 Å². The van der Waals surface area contributed by atoms with Crippen LogP contribution in [0.25, 0.3) is 10.9 Å². The van der Waals surface area contributed by atoms with Gasteiger partial charge in [-0.15, -0.1) is 0 Å². The maximum absolute atomic E-state index is 13.2. The first-order chi connectivity index (χ1) is 17.4. The third-order valence-electron chi connectivity index (χ3n) is 5.38. The number of halogens is 2. The summed E-state index contributed by atoms with van der Waals surface area (Å²) in [5.74, 6) is -1.91. The summed E-state index contributed by atoms with van der Waals surface area (Å²) in [7, 11) is 1.47. The molecule has 36 heavy (non-hydrogen) atoms. The van der Waals surface area contributed by atoms with Crippen molar-refractivity contribution < 1.29 is 19.1 Å². The lowest BCUT2D eigenvalue weighted by atomic mass is 10.1. The van der Waals surface area contributed by atoms with Gasteiger partial charge >= 0.3 is 11.8 Å². The van der Waals surface area contributed by atoms with Crippen molar-refractivity contribution in [3.05, 3.63) is 94.1 Å². The molecule has 0 unspecified atom stereocenters. The number of nitrogens with zero attached hydrogens (tertiary/aromatic N) is 1. The minimum absolute atomic E-state index is 0.0750. The molecule has 1 aromatic heterocycles. The van der Waals surface area contributed by atoms with Gasteiger partial charge in [0.15, 0.2) is 0 Å². The first kappa shape index (κ1) is 25.1. The Balaban J connectivity index is 1.57. The second kappa shape index (κ2) is 11.2. The number of hydrogen-bond acceptors (Lipinski definition) is 4. The fraction of sp³-hybridized carbons (Fsp3) is 0.115. The van der Waals surface area contributed by atoms with Crippen molar-refractivity contribution in [3.8, 4) is 5.75 Å². The van der Waals surface area contributed by atoms with Crippen molar-refractivity contribution in [2.75, 3.05) is 24.4 Å². The lowest BCUT2D eigenvalue weighted by Gasteiger charge is -2.14. The number of aromatic nitrogens is 1. The topological polar surface area (TPSA) is 101 Å². The van der Waals surface area contributed by atoms with Crippen LogP contribution in [0.1, 0.15) is 16.1 Å². The smallest absolute Gasteiger partial charge is 0.328 e. The van der Waals surface area contributed by atoms with E-state index >= 15 is 0 Å². The Hall–Kier alpha value is -4.01. The molecule has 0 aliphatic heterocycles. The van der Waals surface area contributed by atoms with E-state index < -0.39 is 17.7 Å². The SMILES string of the molecule is COc1cccc2cc(C(=O)Nc3ccc(Cl)c(Cl)c3)n(NC(=O)C(=O)NCCc3ccccc3)c12. The predicted molar refractivity (Wildman–Crippen MR) is 140 cm³/mol. The van der Waals surface area contributed by atoms with Gasteiger partial charge in [-0.2, -0.15) is 0 Å². The fourth-order valence-electron chi connectivity index (χ4n) is 3.64. The van der Waals surface area contributed by atoms with Gasteiger partial charge in [-0.25, -0.2) is 4.68 Å². The minimum Gasteiger partial charge on any atom is -0.494 e. The summed E-state index contributed by atoms with van der Waals surface area (Å²) < 4.78 is 6.66. The van der Waals surface area contributed by atoms with E-state index in [9.17, 15) is 14.4 Å². The van der Waals surface area contributed by atoms with Crippen molar-refractivity contribution in [2.45, 2.75) is 6.42 Å². The lowest BCUT2D eigenvalue weighted by Crippen LogP contribution is -2.40. The Bertz CT molecular complexity index is 1440. The molecular formula is C26H22Cl2N4O4. The number of carbonyl (C=O) groups excluding carboxylic acids is 3. The molecule has 3 amide bonds. The van der Waals surface area contributed by atoms with Crippen LogP contribution in [0.3, 0.4) is 0 Å². The molecule has 0 aliphatic carbocycles. The number of fused-ring (bicyclic) bond motifs is 1. The zero-order valence-corrected chi connectivity index (χ0v) is 20.7. The average molecular weight is 525 g/mol. The van der Waals surface area contributed by atoms with Crippen molar-refractivity contribution in [1.29, 1.82) is 0 Å². The number of ether oxygens (including phenoxy) is 1. The van der Waals surface area contributed by atoms with Gasteiger partial charge in [0.25, 0.3) is 5.91 Å². The molecule has 4 rings (SSSR count). The fourth-order valence-corrected chi connectivity index (χ4v) is 3.94. The zero-order valence-electron chi connectivity index (χ0n) is 19.2. The van der Waals surface area contributed by atoms with Gasteiger partial charge in [0.1, 0.15) is 17.0 Å². The Morgan fingerprint density at radius 1 is 0.889 bits per heavy atom. The molecule has 3 N–H and O–H groups in total. The van der Waals surface area contributed by atoms with Crippen LogP contribution in [-0.4, -0.2) is 36.1 Å². The number of carbonyl (C=O) groups is 3. The summed E-state index contributed by atoms with van der Waals surface area (Å²) >= 11 is 12.0. The van der Waals surface area contributed by atoms with Gasteiger partial charge in [-0.3, -0.25) is 19.8 Å². The van der Waals surface area contributed by atoms with Crippen LogP contribution in [0.5, 0.6) is 5.75 Å². The van der Waals surface area contributed by atoms with E-state index in [4.69, 9.17) is 27.9 Å². The Morgan fingerprint density at radius 3 is 2.39 bits per heavy atom. The van der Waals surface area contributed by atoms with Crippen LogP contribution < -0.4 is 20.8 Å². The second-order valence-corrected chi connectivity index (χ2v) is 8.59. The number of para-hydroxylation sites is 1. The molecule has 0 aliphatic rings. The molecule has 8 nitrogen and oxygen atoms in total. The summed E-state index contributed by atoms with van der Waals surface area (Å²) in [5.41, 5.74) is 4.45. The van der Waals surface area contributed by atoms with E-state index in [0.29, 0.717) is 33.8 Å². The molecule has 0 radical (unpaired) electrons. The number of rotatable bonds is 7. The first-order valence-electron chi connectivity index (χ1n) is 11.0. The molecular weight excluding hydrogens is 503 g/mol. The van der Waals surface area contributed by atoms with E-state index in [1.807, 2.05) is 30.3 Å². The highest BCUT2D eigenvalue weighted by Gasteiger charge is 2.23. The summed E-state index contributed by atoms with van der Waals surface area (Å²) in [6, 6.07) is 21.0. The molecule has 0 fully saturated rings. The molecule has 0 atom stereocenters. The average Bonchev–Trinajstić information content (AvgIpc) is 3.25. The Labute approximate surface area is 217 Å². The van der Waals surface area contributed by atoms with Crippen molar-refractivity contribution >= 4 is 57.5 Å². The number of anilines is 1. The molecule has 10 heteroatoms. The zero-order chi connectivity index (χ0) is 25.7. The molecule has 184 valence electrons. The van der Waals surface area contributed by atoms with E-state index in [1.165, 1.54) is 17.9 Å². The van der Waals surface area contributed by atoms with Gasteiger partial charge in [-0.05, 0) is 42.3 Å². The number of nitrogens with one attached hydrogen (secondary N) is 3. The molecule has 3 aromatic carbocycles. The van der Waals surface area contributed by atoms with Gasteiger partial charge in [-0.1, -0.05) is 65.7 Å². The Kier molecular flexibility index (Phi) is 7.77. The third kappa shape index (κ3) is 5.62. The summed E-state index contributed by atoms with van der Waals surface area (Å²) in [4.78, 5) is 38.4. The van der Waals surface area contributed by atoms with E-state index in [-0.39, 0.29) is 17.3 Å². The van der Waals surface area contributed by atoms with Crippen LogP contribution in [0, 0.1) is 0 Å². The summed E-state index contributed by atoms with van der Waals surface area (Å²) in [6.07, 6.45) is 0.567. The van der Waals surface area contributed by atoms with Crippen molar-refractivity contribution in [2.24, 2.45) is 0 Å². The molecule has 0 saturated carbocycles. The predicted octanol–water partition coefficient (Wildman–Crippen LogP) is 4.64.